The Kier molecular flexibility index (Phi) is 6.09. The van der Waals surface area contributed by atoms with Crippen LogP contribution in [0.4, 0.5) is 5.69 Å². The smallest absolute Gasteiger partial charge is 0.238 e. The van der Waals surface area contributed by atoms with Gasteiger partial charge in [0, 0.05) is 11.4 Å². The summed E-state index contributed by atoms with van der Waals surface area (Å²) in [5.41, 5.74) is 0.799. The fourth-order valence-electron chi connectivity index (χ4n) is 2.63. The average molecular weight is 303 g/mol. The standard InChI is InChI=1S/C16H21N3OS/c1-13-5-4-9-19(11-13)12-16(20)18-14-6-2-3-7-15(14)21-10-8-17/h2-3,6-7,13H,4-5,9-12H2,1H3,(H,18,20). The van der Waals surface area contributed by atoms with Crippen LogP contribution in [-0.4, -0.2) is 36.2 Å². The third kappa shape index (κ3) is 5.07. The molecule has 0 saturated carbocycles. The molecule has 1 aliphatic rings. The Hall–Kier alpha value is -1.51. The number of thioether (sulfide) groups is 1. The number of carbonyl (C=O) groups excluding carboxylic acids is 1. The van der Waals surface area contributed by atoms with E-state index >= 15 is 0 Å². The zero-order valence-corrected chi connectivity index (χ0v) is 13.2. The van der Waals surface area contributed by atoms with Gasteiger partial charge in [-0.1, -0.05) is 19.1 Å². The van der Waals surface area contributed by atoms with Gasteiger partial charge in [-0.15, -0.1) is 11.8 Å². The number of hydrogen-bond donors (Lipinski definition) is 1. The van der Waals surface area contributed by atoms with E-state index in [1.165, 1.54) is 24.6 Å². The lowest BCUT2D eigenvalue weighted by Gasteiger charge is -2.30. The van der Waals surface area contributed by atoms with Gasteiger partial charge in [0.25, 0.3) is 0 Å². The van der Waals surface area contributed by atoms with Crippen LogP contribution in [-0.2, 0) is 4.79 Å². The van der Waals surface area contributed by atoms with E-state index in [0.29, 0.717) is 18.2 Å². The molecule has 1 unspecified atom stereocenters. The molecule has 1 heterocycles. The number of rotatable bonds is 5. The van der Waals surface area contributed by atoms with Gasteiger partial charge in [-0.2, -0.15) is 5.26 Å². The van der Waals surface area contributed by atoms with Crippen LogP contribution in [0.15, 0.2) is 29.2 Å². The first-order valence-corrected chi connectivity index (χ1v) is 8.28. The van der Waals surface area contributed by atoms with Crippen molar-refractivity contribution in [1.82, 2.24) is 4.90 Å². The number of nitrogens with zero attached hydrogens (tertiary/aromatic N) is 2. The van der Waals surface area contributed by atoms with Crippen LogP contribution in [0.1, 0.15) is 19.8 Å². The molecular weight excluding hydrogens is 282 g/mol. The molecule has 1 N–H and O–H groups in total. The maximum absolute atomic E-state index is 12.2. The lowest BCUT2D eigenvalue weighted by molar-refractivity contribution is -0.117. The van der Waals surface area contributed by atoms with E-state index < -0.39 is 0 Å². The Labute approximate surface area is 130 Å². The molecule has 5 heteroatoms. The predicted molar refractivity (Wildman–Crippen MR) is 86.2 cm³/mol. The van der Waals surface area contributed by atoms with E-state index in [2.05, 4.69) is 23.2 Å². The van der Waals surface area contributed by atoms with Gasteiger partial charge < -0.3 is 5.32 Å². The van der Waals surface area contributed by atoms with Gasteiger partial charge in [0.1, 0.15) is 0 Å². The fourth-order valence-corrected chi connectivity index (χ4v) is 3.30. The van der Waals surface area contributed by atoms with E-state index in [1.54, 1.807) is 0 Å². The highest BCUT2D eigenvalue weighted by Gasteiger charge is 2.18. The Morgan fingerprint density at radius 2 is 2.33 bits per heavy atom. The summed E-state index contributed by atoms with van der Waals surface area (Å²) in [6, 6.07) is 9.74. The third-order valence-corrected chi connectivity index (χ3v) is 4.50. The number of hydrogen-bond acceptors (Lipinski definition) is 4. The van der Waals surface area contributed by atoms with Crippen molar-refractivity contribution in [3.05, 3.63) is 24.3 Å². The van der Waals surface area contributed by atoms with E-state index in [-0.39, 0.29) is 5.91 Å². The highest BCUT2D eigenvalue weighted by Crippen LogP contribution is 2.26. The second-order valence-electron chi connectivity index (χ2n) is 5.47. The summed E-state index contributed by atoms with van der Waals surface area (Å²) in [6.45, 7) is 4.68. The lowest BCUT2D eigenvalue weighted by atomic mass is 10.0. The van der Waals surface area contributed by atoms with Gasteiger partial charge >= 0.3 is 0 Å². The predicted octanol–water partition coefficient (Wildman–Crippen LogP) is 2.97. The highest BCUT2D eigenvalue weighted by molar-refractivity contribution is 7.99. The second-order valence-corrected chi connectivity index (χ2v) is 6.49. The molecule has 1 saturated heterocycles. The summed E-state index contributed by atoms with van der Waals surface area (Å²) >= 11 is 1.45. The van der Waals surface area contributed by atoms with Crippen molar-refractivity contribution >= 4 is 23.4 Å². The number of amides is 1. The van der Waals surface area contributed by atoms with Crippen molar-refractivity contribution in [2.24, 2.45) is 5.92 Å². The minimum Gasteiger partial charge on any atom is -0.324 e. The topological polar surface area (TPSA) is 56.1 Å². The number of nitrogens with one attached hydrogen (secondary N) is 1. The molecule has 1 atom stereocenters. The molecule has 21 heavy (non-hydrogen) atoms. The molecule has 0 spiro atoms. The summed E-state index contributed by atoms with van der Waals surface area (Å²) in [6.07, 6.45) is 2.43. The van der Waals surface area contributed by atoms with Crippen molar-refractivity contribution in [2.45, 2.75) is 24.7 Å². The average Bonchev–Trinajstić information content (AvgIpc) is 2.46. The first kappa shape index (κ1) is 15.9. The zero-order chi connectivity index (χ0) is 15.1. The summed E-state index contributed by atoms with van der Waals surface area (Å²) in [4.78, 5) is 15.3. The van der Waals surface area contributed by atoms with Crippen molar-refractivity contribution in [3.8, 4) is 6.07 Å². The minimum absolute atomic E-state index is 0.0223. The van der Waals surface area contributed by atoms with Gasteiger partial charge in [-0.25, -0.2) is 0 Å². The number of benzene rings is 1. The summed E-state index contributed by atoms with van der Waals surface area (Å²) in [5.74, 6) is 1.08. The molecule has 2 rings (SSSR count). The van der Waals surface area contributed by atoms with Crippen molar-refractivity contribution in [2.75, 3.05) is 30.7 Å². The summed E-state index contributed by atoms with van der Waals surface area (Å²) in [7, 11) is 0. The number of anilines is 1. The lowest BCUT2D eigenvalue weighted by Crippen LogP contribution is -2.39. The Morgan fingerprint density at radius 1 is 1.52 bits per heavy atom. The zero-order valence-electron chi connectivity index (χ0n) is 12.3. The van der Waals surface area contributed by atoms with Gasteiger partial charge in [0.15, 0.2) is 0 Å². The van der Waals surface area contributed by atoms with E-state index in [1.807, 2.05) is 24.3 Å². The number of para-hydroxylation sites is 1. The minimum atomic E-state index is 0.0223. The van der Waals surface area contributed by atoms with E-state index in [9.17, 15) is 4.79 Å². The van der Waals surface area contributed by atoms with Crippen LogP contribution in [0.5, 0.6) is 0 Å². The first-order valence-electron chi connectivity index (χ1n) is 7.30. The molecule has 1 aromatic rings. The van der Waals surface area contributed by atoms with Gasteiger partial charge in [0.05, 0.1) is 24.1 Å². The normalized spacial score (nSPS) is 19.0. The van der Waals surface area contributed by atoms with Crippen LogP contribution in [0.25, 0.3) is 0 Å². The van der Waals surface area contributed by atoms with Crippen LogP contribution in [0.2, 0.25) is 0 Å². The number of nitriles is 1. The van der Waals surface area contributed by atoms with Crippen molar-refractivity contribution < 1.29 is 4.79 Å². The maximum atomic E-state index is 12.2. The number of likely N-dealkylation sites (tertiary alicyclic amines) is 1. The van der Waals surface area contributed by atoms with Gasteiger partial charge in [0.2, 0.25) is 5.91 Å². The molecule has 0 bridgehead atoms. The Balaban J connectivity index is 1.91. The monoisotopic (exact) mass is 303 g/mol. The second kappa shape index (κ2) is 8.06. The highest BCUT2D eigenvalue weighted by atomic mass is 32.2. The molecule has 0 aliphatic carbocycles. The summed E-state index contributed by atoms with van der Waals surface area (Å²) < 4.78 is 0. The summed E-state index contributed by atoms with van der Waals surface area (Å²) in [5, 5.41) is 11.6. The quantitative estimate of drug-likeness (QED) is 0.850. The largest absolute Gasteiger partial charge is 0.324 e. The van der Waals surface area contributed by atoms with Crippen LogP contribution in [0, 0.1) is 17.2 Å². The Morgan fingerprint density at radius 3 is 3.10 bits per heavy atom. The molecule has 4 nitrogen and oxygen atoms in total. The Bertz CT molecular complexity index is 526. The molecule has 1 aliphatic heterocycles. The van der Waals surface area contributed by atoms with Crippen molar-refractivity contribution in [3.63, 3.8) is 0 Å². The molecule has 112 valence electrons. The van der Waals surface area contributed by atoms with Gasteiger partial charge in [-0.05, 0) is 37.4 Å². The van der Waals surface area contributed by atoms with Crippen LogP contribution < -0.4 is 5.32 Å². The van der Waals surface area contributed by atoms with Crippen LogP contribution >= 0.6 is 11.8 Å². The van der Waals surface area contributed by atoms with Gasteiger partial charge in [-0.3, -0.25) is 9.69 Å². The SMILES string of the molecule is CC1CCCN(CC(=O)Nc2ccccc2SCC#N)C1. The van der Waals surface area contributed by atoms with Crippen molar-refractivity contribution in [1.29, 1.82) is 5.26 Å². The van der Waals surface area contributed by atoms with E-state index in [4.69, 9.17) is 5.26 Å². The third-order valence-electron chi connectivity index (χ3n) is 3.56. The molecule has 0 radical (unpaired) electrons. The van der Waals surface area contributed by atoms with Crippen LogP contribution in [0.3, 0.4) is 0 Å². The van der Waals surface area contributed by atoms with E-state index in [0.717, 1.165) is 23.7 Å². The molecular formula is C16H21N3OS. The molecule has 1 aromatic carbocycles. The molecule has 1 amide bonds. The molecule has 1 fully saturated rings. The fraction of sp³-hybridized carbons (Fsp3) is 0.500. The number of piperidine rings is 1. The molecule has 0 aromatic heterocycles. The first-order chi connectivity index (χ1) is 10.2. The maximum Gasteiger partial charge on any atom is 0.238 e. The number of carbonyl (C=O) groups is 1.